The van der Waals surface area contributed by atoms with Gasteiger partial charge in [-0.15, -0.1) is 6.58 Å². The van der Waals surface area contributed by atoms with Gasteiger partial charge in [-0.1, -0.05) is 30.3 Å². The number of methoxy groups -OCH3 is 1. The largest absolute Gasteiger partial charge is 0.497 e. The first-order valence-corrected chi connectivity index (χ1v) is 13.4. The van der Waals surface area contributed by atoms with Gasteiger partial charge in [-0.2, -0.15) is 0 Å². The number of likely N-dealkylation sites (tertiary alicyclic amines) is 1. The smallest absolute Gasteiger partial charge is 0.253 e. The molecule has 184 valence electrons. The molecule has 8 rings (SSSR count). The van der Waals surface area contributed by atoms with E-state index >= 15 is 0 Å². The highest BCUT2D eigenvalue weighted by Crippen LogP contribution is 2.50. The summed E-state index contributed by atoms with van der Waals surface area (Å²) in [5.41, 5.74) is 3.35. The van der Waals surface area contributed by atoms with Crippen molar-refractivity contribution >= 4 is 5.91 Å². The van der Waals surface area contributed by atoms with Crippen LogP contribution in [0.1, 0.15) is 66.1 Å². The number of hydrogen-bond donors (Lipinski definition) is 0. The molecule has 1 amide bonds. The van der Waals surface area contributed by atoms with Gasteiger partial charge in [-0.3, -0.25) is 14.6 Å². The number of hydrogen-bond acceptors (Lipinski definition) is 4. The number of rotatable bonds is 7. The summed E-state index contributed by atoms with van der Waals surface area (Å²) in [6.07, 6.45) is 9.39. The first-order valence-electron chi connectivity index (χ1n) is 13.4. The van der Waals surface area contributed by atoms with Gasteiger partial charge in [0, 0.05) is 49.4 Å². The lowest BCUT2D eigenvalue weighted by molar-refractivity contribution is -0.151. The minimum atomic E-state index is 0.160. The van der Waals surface area contributed by atoms with Crippen molar-refractivity contribution < 1.29 is 9.53 Å². The van der Waals surface area contributed by atoms with Crippen LogP contribution in [-0.4, -0.2) is 71.5 Å². The average molecular weight is 472 g/mol. The Bertz CT molecular complexity index is 1060. The van der Waals surface area contributed by atoms with E-state index in [2.05, 4.69) is 52.8 Å². The van der Waals surface area contributed by atoms with Crippen LogP contribution in [0, 0.1) is 0 Å². The Balaban J connectivity index is 1.37. The van der Waals surface area contributed by atoms with Gasteiger partial charge in [0.15, 0.2) is 0 Å². The molecule has 6 saturated heterocycles. The van der Waals surface area contributed by atoms with Gasteiger partial charge in [0.1, 0.15) is 5.75 Å². The quantitative estimate of drug-likeness (QED) is 0.539. The Morgan fingerprint density at radius 3 is 2.26 bits per heavy atom. The van der Waals surface area contributed by atoms with Crippen LogP contribution < -0.4 is 4.74 Å². The molecule has 0 aliphatic carbocycles. The summed E-state index contributed by atoms with van der Waals surface area (Å²) in [6, 6.07) is 19.5. The summed E-state index contributed by atoms with van der Waals surface area (Å²) in [5.74, 6) is 1.07. The first kappa shape index (κ1) is 22.8. The minimum Gasteiger partial charge on any atom is -0.497 e. The molecule has 5 atom stereocenters. The molecule has 5 heteroatoms. The van der Waals surface area contributed by atoms with Crippen molar-refractivity contribution in [1.29, 1.82) is 0 Å². The summed E-state index contributed by atoms with van der Waals surface area (Å²) in [4.78, 5) is 20.5. The van der Waals surface area contributed by atoms with Gasteiger partial charge >= 0.3 is 0 Å². The molecule has 2 aromatic rings. The predicted molar refractivity (Wildman–Crippen MR) is 139 cm³/mol. The maximum atomic E-state index is 13.0. The molecule has 6 heterocycles. The van der Waals surface area contributed by atoms with Crippen molar-refractivity contribution in [2.75, 3.05) is 26.7 Å². The minimum absolute atomic E-state index is 0.160. The molecule has 6 aliphatic rings. The fraction of sp³-hybridized carbons (Fsp3) is 0.500. The SMILES string of the molecule is C=CCN1C2CC[C@H]3C1CCC2N3C(c1ccc(C(=O)N2CCCC2)cc1)c1cccc(OC)c1. The molecule has 35 heavy (non-hydrogen) atoms. The topological polar surface area (TPSA) is 36.0 Å². The van der Waals surface area contributed by atoms with E-state index in [1.807, 2.05) is 23.1 Å². The van der Waals surface area contributed by atoms with Crippen molar-refractivity contribution in [3.05, 3.63) is 77.9 Å². The van der Waals surface area contributed by atoms with Gasteiger partial charge in [-0.25, -0.2) is 0 Å². The number of amides is 1. The van der Waals surface area contributed by atoms with Crippen molar-refractivity contribution in [3.63, 3.8) is 0 Å². The van der Waals surface area contributed by atoms with Gasteiger partial charge < -0.3 is 9.64 Å². The Kier molecular flexibility index (Phi) is 6.15. The van der Waals surface area contributed by atoms with Crippen molar-refractivity contribution in [2.24, 2.45) is 0 Å². The molecule has 0 N–H and O–H groups in total. The van der Waals surface area contributed by atoms with E-state index in [-0.39, 0.29) is 11.9 Å². The number of benzene rings is 2. The van der Waals surface area contributed by atoms with E-state index in [1.165, 1.54) is 36.8 Å². The number of carbonyl (C=O) groups excluding carboxylic acids is 1. The number of carbonyl (C=O) groups is 1. The molecule has 0 saturated carbocycles. The van der Waals surface area contributed by atoms with Gasteiger partial charge in [0.25, 0.3) is 5.91 Å². The van der Waals surface area contributed by atoms with Crippen LogP contribution in [0.4, 0.5) is 0 Å². The molecule has 6 aliphatic heterocycles. The fourth-order valence-corrected chi connectivity index (χ4v) is 7.48. The lowest BCUT2D eigenvalue weighted by Crippen LogP contribution is -2.75. The summed E-state index contributed by atoms with van der Waals surface area (Å²) in [6.45, 7) is 6.80. The summed E-state index contributed by atoms with van der Waals surface area (Å²) < 4.78 is 5.62. The van der Waals surface area contributed by atoms with E-state index in [0.29, 0.717) is 24.2 Å². The first-order chi connectivity index (χ1) is 17.2. The lowest BCUT2D eigenvalue weighted by Gasteiger charge is -2.66. The molecule has 6 fully saturated rings. The van der Waals surface area contributed by atoms with Gasteiger partial charge in [0.05, 0.1) is 13.2 Å². The Labute approximate surface area is 209 Å². The third-order valence-electron chi connectivity index (χ3n) is 8.94. The molecule has 0 radical (unpaired) electrons. The highest BCUT2D eigenvalue weighted by atomic mass is 16.5. The monoisotopic (exact) mass is 471 g/mol. The molecule has 0 aromatic heterocycles. The molecule has 2 aromatic carbocycles. The zero-order chi connectivity index (χ0) is 23.9. The van der Waals surface area contributed by atoms with Crippen LogP contribution in [0.2, 0.25) is 0 Å². The van der Waals surface area contributed by atoms with E-state index in [0.717, 1.165) is 43.8 Å². The van der Waals surface area contributed by atoms with Crippen LogP contribution >= 0.6 is 0 Å². The van der Waals surface area contributed by atoms with Gasteiger partial charge in [-0.05, 0) is 73.9 Å². The molecule has 5 nitrogen and oxygen atoms in total. The van der Waals surface area contributed by atoms with E-state index in [1.54, 1.807) is 7.11 Å². The maximum absolute atomic E-state index is 13.0. The fourth-order valence-electron chi connectivity index (χ4n) is 7.48. The number of nitrogens with zero attached hydrogens (tertiary/aromatic N) is 3. The highest BCUT2D eigenvalue weighted by molar-refractivity contribution is 5.94. The predicted octanol–water partition coefficient (Wildman–Crippen LogP) is 4.89. The van der Waals surface area contributed by atoms with Crippen LogP contribution in [0.25, 0.3) is 0 Å². The van der Waals surface area contributed by atoms with E-state index in [9.17, 15) is 4.79 Å². The maximum Gasteiger partial charge on any atom is 0.253 e. The third-order valence-corrected chi connectivity index (χ3v) is 8.94. The van der Waals surface area contributed by atoms with E-state index < -0.39 is 0 Å². The third kappa shape index (κ3) is 3.89. The normalized spacial score (nSPS) is 28.9. The molecule has 4 bridgehead atoms. The van der Waals surface area contributed by atoms with Crippen LogP contribution in [-0.2, 0) is 0 Å². The van der Waals surface area contributed by atoms with Crippen molar-refractivity contribution in [2.45, 2.75) is 68.7 Å². The lowest BCUT2D eigenvalue weighted by atomic mass is 9.69. The van der Waals surface area contributed by atoms with E-state index in [4.69, 9.17) is 4.74 Å². The average Bonchev–Trinajstić information content (AvgIpc) is 3.44. The standard InChI is InChI=1S/C30H37N3O2/c1-3-17-32-25-13-15-27-26(32)14-16-28(25)33(27)29(23-7-6-8-24(20-23)35-2)21-9-11-22(12-10-21)30(34)31-18-4-5-19-31/h3,6-12,20,25-29H,1,4-5,13-19H2,2H3/t25?,26?,27-,28?,29?/m0/s1. The second-order valence-corrected chi connectivity index (χ2v) is 10.7. The van der Waals surface area contributed by atoms with Crippen LogP contribution in [0.15, 0.2) is 61.2 Å². The van der Waals surface area contributed by atoms with Crippen LogP contribution in [0.3, 0.4) is 0 Å². The number of piperazine rings is 1. The molecule has 0 spiro atoms. The Morgan fingerprint density at radius 1 is 0.971 bits per heavy atom. The molecule has 4 unspecified atom stereocenters. The summed E-state index contributed by atoms with van der Waals surface area (Å²) in [5, 5.41) is 0. The second-order valence-electron chi connectivity index (χ2n) is 10.7. The van der Waals surface area contributed by atoms with Crippen molar-refractivity contribution in [3.8, 4) is 5.75 Å². The molecular formula is C30H37N3O2. The number of fused-ring (bicyclic) bond motifs is 2. The zero-order valence-corrected chi connectivity index (χ0v) is 20.8. The number of piperidine rings is 4. The summed E-state index contributed by atoms with van der Waals surface area (Å²) >= 11 is 0. The Hall–Kier alpha value is -2.63. The summed E-state index contributed by atoms with van der Waals surface area (Å²) in [7, 11) is 1.74. The Morgan fingerprint density at radius 2 is 1.63 bits per heavy atom. The highest BCUT2D eigenvalue weighted by Gasteiger charge is 2.56. The molecular weight excluding hydrogens is 434 g/mol. The van der Waals surface area contributed by atoms with Crippen molar-refractivity contribution in [1.82, 2.24) is 14.7 Å². The number of ether oxygens (including phenoxy) is 1. The second kappa shape index (κ2) is 9.44. The zero-order valence-electron chi connectivity index (χ0n) is 20.8. The van der Waals surface area contributed by atoms with Gasteiger partial charge in [0.2, 0.25) is 0 Å². The van der Waals surface area contributed by atoms with Crippen LogP contribution in [0.5, 0.6) is 5.75 Å².